The highest BCUT2D eigenvalue weighted by atomic mass is 35.5. The van der Waals surface area contributed by atoms with Gasteiger partial charge in [-0.2, -0.15) is 0 Å². The Morgan fingerprint density at radius 2 is 1.63 bits per heavy atom. The van der Waals surface area contributed by atoms with Crippen LogP contribution in [-0.4, -0.2) is 0 Å². The van der Waals surface area contributed by atoms with Gasteiger partial charge >= 0.3 is 0 Å². The number of anilines is 1. The lowest BCUT2D eigenvalue weighted by Gasteiger charge is -2.19. The summed E-state index contributed by atoms with van der Waals surface area (Å²) in [5, 5.41) is 5.31. The third-order valence-corrected chi connectivity index (χ3v) is 3.93. The van der Waals surface area contributed by atoms with Crippen molar-refractivity contribution in [1.82, 2.24) is 0 Å². The summed E-state index contributed by atoms with van der Waals surface area (Å²) in [7, 11) is 0. The van der Waals surface area contributed by atoms with Crippen molar-refractivity contribution in [1.29, 1.82) is 0 Å². The van der Waals surface area contributed by atoms with E-state index >= 15 is 0 Å². The fraction of sp³-hybridized carbons (Fsp3) is 0.200. The molecule has 1 atom stereocenters. The van der Waals surface area contributed by atoms with Gasteiger partial charge in [0.15, 0.2) is 0 Å². The van der Waals surface area contributed by atoms with E-state index < -0.39 is 0 Å². The van der Waals surface area contributed by atoms with Crippen LogP contribution in [0.15, 0.2) is 42.5 Å². The van der Waals surface area contributed by atoms with Crippen LogP contribution in [0, 0.1) is 0 Å². The maximum absolute atomic E-state index is 6.02. The SMILES string of the molecule is CCC(Nc1ccc(Cl)c(Cl)c1)c1ccc(Cl)cc1. The first-order chi connectivity index (χ1) is 9.10. The van der Waals surface area contributed by atoms with Crippen molar-refractivity contribution in [3.8, 4) is 0 Å². The van der Waals surface area contributed by atoms with E-state index in [9.17, 15) is 0 Å². The maximum Gasteiger partial charge on any atom is 0.0612 e. The molecule has 1 nitrogen and oxygen atoms in total. The Morgan fingerprint density at radius 3 is 2.21 bits per heavy atom. The van der Waals surface area contributed by atoms with Crippen molar-refractivity contribution >= 4 is 40.5 Å². The lowest BCUT2D eigenvalue weighted by Crippen LogP contribution is -2.09. The van der Waals surface area contributed by atoms with Crippen molar-refractivity contribution in [2.75, 3.05) is 5.32 Å². The highest BCUT2D eigenvalue weighted by Crippen LogP contribution is 2.29. The summed E-state index contributed by atoms with van der Waals surface area (Å²) in [6.45, 7) is 2.13. The first-order valence-electron chi connectivity index (χ1n) is 6.07. The van der Waals surface area contributed by atoms with Gasteiger partial charge in [-0.05, 0) is 42.3 Å². The van der Waals surface area contributed by atoms with Gasteiger partial charge in [-0.1, -0.05) is 53.9 Å². The Morgan fingerprint density at radius 1 is 0.947 bits per heavy atom. The van der Waals surface area contributed by atoms with E-state index in [4.69, 9.17) is 34.8 Å². The van der Waals surface area contributed by atoms with E-state index in [0.29, 0.717) is 10.0 Å². The molecule has 0 amide bonds. The predicted octanol–water partition coefficient (Wildman–Crippen LogP) is 6.21. The number of nitrogens with one attached hydrogen (secondary N) is 1. The van der Waals surface area contributed by atoms with Crippen molar-refractivity contribution in [2.45, 2.75) is 19.4 Å². The maximum atomic E-state index is 6.02. The van der Waals surface area contributed by atoms with Crippen molar-refractivity contribution in [3.05, 3.63) is 63.1 Å². The first kappa shape index (κ1) is 14.5. The van der Waals surface area contributed by atoms with Crippen LogP contribution in [0.4, 0.5) is 5.69 Å². The van der Waals surface area contributed by atoms with Gasteiger partial charge < -0.3 is 5.32 Å². The molecule has 0 aliphatic carbocycles. The number of benzene rings is 2. The van der Waals surface area contributed by atoms with Gasteiger partial charge in [0.1, 0.15) is 0 Å². The molecule has 100 valence electrons. The van der Waals surface area contributed by atoms with Gasteiger partial charge in [0.2, 0.25) is 0 Å². The molecule has 2 rings (SSSR count). The summed E-state index contributed by atoms with van der Waals surface area (Å²) in [5.74, 6) is 0. The zero-order chi connectivity index (χ0) is 13.8. The smallest absolute Gasteiger partial charge is 0.0612 e. The Bertz CT molecular complexity index is 552. The highest BCUT2D eigenvalue weighted by Gasteiger charge is 2.09. The summed E-state index contributed by atoms with van der Waals surface area (Å²) in [6.07, 6.45) is 0.960. The quantitative estimate of drug-likeness (QED) is 0.707. The summed E-state index contributed by atoms with van der Waals surface area (Å²) < 4.78 is 0. The molecule has 0 fully saturated rings. The van der Waals surface area contributed by atoms with Crippen molar-refractivity contribution in [2.24, 2.45) is 0 Å². The van der Waals surface area contributed by atoms with Gasteiger partial charge in [0.05, 0.1) is 16.1 Å². The number of rotatable bonds is 4. The molecule has 0 spiro atoms. The van der Waals surface area contributed by atoms with Crippen LogP contribution in [0.1, 0.15) is 24.9 Å². The molecule has 0 heterocycles. The Labute approximate surface area is 128 Å². The topological polar surface area (TPSA) is 12.0 Å². The van der Waals surface area contributed by atoms with Crippen LogP contribution in [0.5, 0.6) is 0 Å². The molecule has 0 aromatic heterocycles. The summed E-state index contributed by atoms with van der Waals surface area (Å²) >= 11 is 17.8. The molecule has 0 radical (unpaired) electrons. The second-order valence-corrected chi connectivity index (χ2v) is 5.54. The average Bonchev–Trinajstić information content (AvgIpc) is 2.41. The van der Waals surface area contributed by atoms with Gasteiger partial charge in [-0.25, -0.2) is 0 Å². The largest absolute Gasteiger partial charge is 0.378 e. The molecular weight excluding hydrogens is 301 g/mol. The molecular formula is C15H14Cl3N. The lowest BCUT2D eigenvalue weighted by molar-refractivity contribution is 0.749. The zero-order valence-electron chi connectivity index (χ0n) is 10.5. The monoisotopic (exact) mass is 313 g/mol. The van der Waals surface area contributed by atoms with Crippen molar-refractivity contribution in [3.63, 3.8) is 0 Å². The molecule has 2 aromatic carbocycles. The fourth-order valence-corrected chi connectivity index (χ4v) is 2.33. The second kappa shape index (κ2) is 6.51. The Kier molecular flexibility index (Phi) is 4.98. The third kappa shape index (κ3) is 3.79. The van der Waals surface area contributed by atoms with Crippen LogP contribution in [0.25, 0.3) is 0 Å². The van der Waals surface area contributed by atoms with E-state index in [2.05, 4.69) is 12.2 Å². The van der Waals surface area contributed by atoms with Gasteiger partial charge in [0.25, 0.3) is 0 Å². The van der Waals surface area contributed by atoms with Crippen molar-refractivity contribution < 1.29 is 0 Å². The average molecular weight is 315 g/mol. The predicted molar refractivity (Wildman–Crippen MR) is 84.6 cm³/mol. The minimum absolute atomic E-state index is 0.217. The van der Waals surface area contributed by atoms with E-state index in [-0.39, 0.29) is 6.04 Å². The first-order valence-corrected chi connectivity index (χ1v) is 7.20. The minimum Gasteiger partial charge on any atom is -0.378 e. The lowest BCUT2D eigenvalue weighted by atomic mass is 10.0. The minimum atomic E-state index is 0.217. The standard InChI is InChI=1S/C15H14Cl3N/c1-2-15(10-3-5-11(16)6-4-10)19-12-7-8-13(17)14(18)9-12/h3-9,15,19H,2H2,1H3. The molecule has 1 N–H and O–H groups in total. The highest BCUT2D eigenvalue weighted by molar-refractivity contribution is 6.42. The van der Waals surface area contributed by atoms with Crippen LogP contribution in [-0.2, 0) is 0 Å². The van der Waals surface area contributed by atoms with Crippen LogP contribution in [0.3, 0.4) is 0 Å². The van der Waals surface area contributed by atoms with Crippen LogP contribution < -0.4 is 5.32 Å². The summed E-state index contributed by atoms with van der Waals surface area (Å²) in [6, 6.07) is 13.6. The normalized spacial score (nSPS) is 12.2. The van der Waals surface area contributed by atoms with Gasteiger partial charge in [0, 0.05) is 10.7 Å². The fourth-order valence-electron chi connectivity index (χ4n) is 1.90. The van der Waals surface area contributed by atoms with Gasteiger partial charge in [-0.3, -0.25) is 0 Å². The summed E-state index contributed by atoms with van der Waals surface area (Å²) in [4.78, 5) is 0. The molecule has 1 unspecified atom stereocenters. The van der Waals surface area contributed by atoms with E-state index in [0.717, 1.165) is 17.1 Å². The summed E-state index contributed by atoms with van der Waals surface area (Å²) in [5.41, 5.74) is 2.15. The Hall–Kier alpha value is -0.890. The molecule has 0 saturated carbocycles. The number of hydrogen-bond acceptors (Lipinski definition) is 1. The Balaban J connectivity index is 2.18. The van der Waals surface area contributed by atoms with Gasteiger partial charge in [-0.15, -0.1) is 0 Å². The van der Waals surface area contributed by atoms with E-state index in [1.807, 2.05) is 36.4 Å². The number of hydrogen-bond donors (Lipinski definition) is 1. The molecule has 4 heteroatoms. The molecule has 0 bridgehead atoms. The molecule has 0 aliphatic rings. The molecule has 0 aliphatic heterocycles. The zero-order valence-corrected chi connectivity index (χ0v) is 12.7. The second-order valence-electron chi connectivity index (χ2n) is 4.29. The molecule has 2 aromatic rings. The molecule has 0 saturated heterocycles. The van der Waals surface area contributed by atoms with E-state index in [1.165, 1.54) is 5.56 Å². The number of halogens is 3. The van der Waals surface area contributed by atoms with E-state index in [1.54, 1.807) is 6.07 Å². The van der Waals surface area contributed by atoms with Crippen LogP contribution in [0.2, 0.25) is 15.1 Å². The van der Waals surface area contributed by atoms with Crippen LogP contribution >= 0.6 is 34.8 Å². The molecule has 19 heavy (non-hydrogen) atoms. The third-order valence-electron chi connectivity index (χ3n) is 2.94.